The monoisotopic (exact) mass is 1010 g/mol. The summed E-state index contributed by atoms with van der Waals surface area (Å²) in [5, 5.41) is 20.6. The maximum atomic E-state index is 6.86. The molecular formula is C71H39N3O3Si. The Balaban J connectivity index is 0.919. The van der Waals surface area contributed by atoms with Crippen LogP contribution in [0.4, 0.5) is 51.2 Å². The second-order valence-electron chi connectivity index (χ2n) is 22.1. The number of benzene rings is 13. The third-order valence-corrected chi connectivity index (χ3v) is 22.8. The molecule has 0 saturated heterocycles. The van der Waals surface area contributed by atoms with Crippen molar-refractivity contribution in [2.75, 3.05) is 14.7 Å². The van der Waals surface area contributed by atoms with Crippen LogP contribution in [0.1, 0.15) is 0 Å². The van der Waals surface area contributed by atoms with Crippen molar-refractivity contribution in [3.05, 3.63) is 218 Å². The summed E-state index contributed by atoms with van der Waals surface area (Å²) in [4.78, 5) is 7.81. The maximum Gasteiger partial charge on any atom is 0.161 e. The van der Waals surface area contributed by atoms with Crippen molar-refractivity contribution in [3.63, 3.8) is 0 Å². The van der Waals surface area contributed by atoms with Crippen LogP contribution >= 0.6 is 0 Å². The number of rotatable bonds is 2. The smallest absolute Gasteiger partial charge is 0.161 e. The van der Waals surface area contributed by atoms with Gasteiger partial charge in [-0.05, 0) is 174 Å². The van der Waals surface area contributed by atoms with Gasteiger partial charge in [0, 0.05) is 83.1 Å². The normalized spacial score (nSPS) is 15.7. The van der Waals surface area contributed by atoms with Crippen LogP contribution in [0.5, 0.6) is 0 Å². The summed E-state index contributed by atoms with van der Waals surface area (Å²) in [6.45, 7) is 2.65. The second kappa shape index (κ2) is 13.7. The Hall–Kier alpha value is -10.1. The molecule has 78 heavy (non-hydrogen) atoms. The van der Waals surface area contributed by atoms with Crippen LogP contribution in [-0.4, -0.2) is 8.07 Å². The molecule has 0 bridgehead atoms. The van der Waals surface area contributed by atoms with E-state index in [1.807, 2.05) is 0 Å². The van der Waals surface area contributed by atoms with Crippen LogP contribution in [-0.2, 0) is 0 Å². The number of nitrogens with zero attached hydrogens (tertiary/aromatic N) is 3. The minimum atomic E-state index is -2.95. The van der Waals surface area contributed by atoms with E-state index in [4.69, 9.17) is 13.3 Å². The number of anilines is 9. The summed E-state index contributed by atoms with van der Waals surface area (Å²) < 4.78 is 20.2. The van der Waals surface area contributed by atoms with E-state index in [2.05, 4.69) is 240 Å². The Morgan fingerprint density at radius 1 is 0.295 bits per heavy atom. The van der Waals surface area contributed by atoms with Crippen molar-refractivity contribution in [2.45, 2.75) is 6.55 Å². The predicted molar refractivity (Wildman–Crippen MR) is 325 cm³/mol. The second-order valence-corrected chi connectivity index (χ2v) is 25.8. The Labute approximate surface area is 445 Å². The largest absolute Gasteiger partial charge is 0.456 e. The highest BCUT2D eigenvalue weighted by atomic mass is 28.3. The van der Waals surface area contributed by atoms with E-state index >= 15 is 0 Å². The summed E-state index contributed by atoms with van der Waals surface area (Å²) in [5.74, 6) is 0. The molecule has 0 N–H and O–H groups in total. The first-order chi connectivity index (χ1) is 38.5. The highest BCUT2D eigenvalue weighted by Crippen LogP contribution is 2.60. The predicted octanol–water partition coefficient (Wildman–Crippen LogP) is 18.4. The summed E-state index contributed by atoms with van der Waals surface area (Å²) in [6, 6.07) is 81.0. The minimum Gasteiger partial charge on any atom is -0.456 e. The van der Waals surface area contributed by atoms with E-state index in [-0.39, 0.29) is 0 Å². The molecule has 0 spiro atoms. The first kappa shape index (κ1) is 40.3. The van der Waals surface area contributed by atoms with Gasteiger partial charge in [-0.3, -0.25) is 0 Å². The fraction of sp³-hybridized carbons (Fsp3) is 0.0141. The van der Waals surface area contributed by atoms with Gasteiger partial charge in [0.15, 0.2) is 8.07 Å². The van der Waals surface area contributed by atoms with E-state index in [0.717, 1.165) is 82.9 Å². The first-order valence-corrected chi connectivity index (χ1v) is 29.4. The van der Waals surface area contributed by atoms with Gasteiger partial charge in [0.1, 0.15) is 33.5 Å². The van der Waals surface area contributed by atoms with E-state index in [0.29, 0.717) is 0 Å². The zero-order valence-electron chi connectivity index (χ0n) is 41.9. The van der Waals surface area contributed by atoms with Crippen molar-refractivity contribution in [1.82, 2.24) is 0 Å². The number of hydrogen-bond donors (Lipinski definition) is 0. The van der Waals surface area contributed by atoms with Gasteiger partial charge in [-0.1, -0.05) is 110 Å². The maximum absolute atomic E-state index is 6.86. The van der Waals surface area contributed by atoms with Crippen molar-refractivity contribution in [1.29, 1.82) is 0 Å². The average molecular weight is 1010 g/mol. The third kappa shape index (κ3) is 4.75. The molecule has 13 aromatic carbocycles. The van der Waals surface area contributed by atoms with Gasteiger partial charge >= 0.3 is 0 Å². The van der Waals surface area contributed by atoms with Crippen LogP contribution in [0, 0.1) is 0 Å². The molecule has 4 aliphatic heterocycles. The summed E-state index contributed by atoms with van der Waals surface area (Å²) >= 11 is 0. The van der Waals surface area contributed by atoms with Crippen LogP contribution in [0.25, 0.3) is 120 Å². The van der Waals surface area contributed by atoms with Gasteiger partial charge in [0.2, 0.25) is 0 Å². The molecule has 1 unspecified atom stereocenters. The summed E-state index contributed by atoms with van der Waals surface area (Å²) in [6.07, 6.45) is 0. The SMILES string of the molecule is C[Si]12c3c4cccc3N(c3ccc5oc6cc7ccccc7cc6c5c3)c3cc5cccc6c5c(c31)N(c1cccc(c12)N4c1ccc2oc3cc4ccccc4cc3c2c1)c1ccc2oc3cc4ccccc4cc3c2c1-6. The molecule has 3 aromatic heterocycles. The summed E-state index contributed by atoms with van der Waals surface area (Å²) in [7, 11) is -2.95. The Kier molecular flexibility index (Phi) is 7.05. The lowest BCUT2D eigenvalue weighted by atomic mass is 9.87. The molecule has 0 radical (unpaired) electrons. The molecule has 0 amide bonds. The summed E-state index contributed by atoms with van der Waals surface area (Å²) in [5.41, 5.74) is 18.5. The lowest BCUT2D eigenvalue weighted by molar-refractivity contribution is 0.669. The third-order valence-electron chi connectivity index (χ3n) is 18.2. The lowest BCUT2D eigenvalue weighted by Gasteiger charge is -2.55. The van der Waals surface area contributed by atoms with Crippen molar-refractivity contribution < 1.29 is 13.3 Å². The first-order valence-electron chi connectivity index (χ1n) is 26.9. The number of fused-ring (bicyclic) bond motifs is 17. The molecular weight excluding hydrogens is 971 g/mol. The van der Waals surface area contributed by atoms with Gasteiger partial charge in [-0.15, -0.1) is 0 Å². The highest BCUT2D eigenvalue weighted by molar-refractivity contribution is 7.16. The Bertz CT molecular complexity index is 5530. The van der Waals surface area contributed by atoms with E-state index in [1.165, 1.54) is 104 Å². The van der Waals surface area contributed by atoms with Gasteiger partial charge in [-0.25, -0.2) is 0 Å². The van der Waals surface area contributed by atoms with Gasteiger partial charge in [-0.2, -0.15) is 0 Å². The molecule has 6 nitrogen and oxygen atoms in total. The molecule has 4 aliphatic rings. The zero-order chi connectivity index (χ0) is 50.4. The molecule has 7 heterocycles. The van der Waals surface area contributed by atoms with E-state index < -0.39 is 8.07 Å². The van der Waals surface area contributed by atoms with Crippen LogP contribution in [0.2, 0.25) is 6.55 Å². The highest BCUT2D eigenvalue weighted by Gasteiger charge is 2.57. The van der Waals surface area contributed by atoms with Crippen molar-refractivity contribution in [3.8, 4) is 11.1 Å². The topological polar surface area (TPSA) is 49.1 Å². The number of furan rings is 3. The Morgan fingerprint density at radius 3 is 1.29 bits per heavy atom. The average Bonchev–Trinajstić information content (AvgIpc) is 1.65. The minimum absolute atomic E-state index is 0.878. The van der Waals surface area contributed by atoms with E-state index in [9.17, 15) is 0 Å². The fourth-order valence-electron chi connectivity index (χ4n) is 15.1. The van der Waals surface area contributed by atoms with Gasteiger partial charge in [0.25, 0.3) is 0 Å². The fourth-order valence-corrected chi connectivity index (χ4v) is 20.1. The zero-order valence-corrected chi connectivity index (χ0v) is 42.9. The lowest BCUT2D eigenvalue weighted by Crippen LogP contribution is -2.74. The van der Waals surface area contributed by atoms with Crippen LogP contribution < -0.4 is 30.3 Å². The quantitative estimate of drug-likeness (QED) is 0.161. The van der Waals surface area contributed by atoms with Gasteiger partial charge < -0.3 is 28.0 Å². The molecule has 360 valence electrons. The van der Waals surface area contributed by atoms with Crippen molar-refractivity contribution >= 4 is 184 Å². The van der Waals surface area contributed by atoms with Gasteiger partial charge in [0.05, 0.1) is 11.4 Å². The standard InChI is InChI=1S/C71H39N3O3Si/c1-78-69-54-19-9-21-56(69)73(46-24-27-60-51(37-46)49-30-39-12-3-6-15-42(39)34-63(49)76-60)58-32-44-17-8-18-47-65(44)68(71(58)78)74(53-25-28-61-67(66(47)53)52-31-40-13-4-7-16-43(40)35-64(52)77-61)57-22-10-20-55(70(57)78)72(54)45-23-26-59-50(36-45)48-29-38-11-2-5-14-41(38)33-62(48)75-59/h2-37H,1H3. The van der Waals surface area contributed by atoms with Crippen molar-refractivity contribution in [2.24, 2.45) is 0 Å². The molecule has 7 heteroatoms. The molecule has 0 saturated carbocycles. The molecule has 20 rings (SSSR count). The molecule has 0 aliphatic carbocycles. The van der Waals surface area contributed by atoms with Crippen LogP contribution in [0.15, 0.2) is 232 Å². The Morgan fingerprint density at radius 2 is 0.731 bits per heavy atom. The van der Waals surface area contributed by atoms with Crippen LogP contribution in [0.3, 0.4) is 0 Å². The van der Waals surface area contributed by atoms with E-state index in [1.54, 1.807) is 0 Å². The molecule has 0 fully saturated rings. The number of hydrogen-bond acceptors (Lipinski definition) is 6. The molecule has 1 atom stereocenters. The molecule has 16 aromatic rings.